The lowest BCUT2D eigenvalue weighted by Crippen LogP contribution is -2.26. The summed E-state index contributed by atoms with van der Waals surface area (Å²) in [6.07, 6.45) is -2.91. The minimum absolute atomic E-state index is 0.0543. The standard InChI is InChI=1S/C21H15ClF3N3O2S/c22-15-7-5-13(6-8-15)17-11-28-16(12-31-20(28)27-17)9-19(29)26-10-14-3-1-2-4-18(14)30-21(23,24)25/h1-8,11-12H,9-10H2,(H,26,29). The van der Waals surface area contributed by atoms with Crippen LogP contribution >= 0.6 is 22.9 Å². The van der Waals surface area contributed by atoms with Gasteiger partial charge in [-0.05, 0) is 18.2 Å². The molecule has 5 nitrogen and oxygen atoms in total. The van der Waals surface area contributed by atoms with Gasteiger partial charge in [-0.25, -0.2) is 4.98 Å². The number of nitrogens with one attached hydrogen (secondary N) is 1. The van der Waals surface area contributed by atoms with Gasteiger partial charge in [0.2, 0.25) is 5.91 Å². The maximum atomic E-state index is 12.5. The number of hydrogen-bond donors (Lipinski definition) is 1. The van der Waals surface area contributed by atoms with Crippen LogP contribution in [-0.4, -0.2) is 21.7 Å². The Kier molecular flexibility index (Phi) is 5.88. The molecule has 160 valence electrons. The first-order chi connectivity index (χ1) is 14.8. The van der Waals surface area contributed by atoms with Crippen LogP contribution in [0.15, 0.2) is 60.1 Å². The fraction of sp³-hybridized carbons (Fsp3) is 0.143. The van der Waals surface area contributed by atoms with E-state index < -0.39 is 6.36 Å². The molecule has 2 heterocycles. The van der Waals surface area contributed by atoms with Crippen LogP contribution in [0.2, 0.25) is 5.02 Å². The lowest BCUT2D eigenvalue weighted by molar-refractivity contribution is -0.274. The number of alkyl halides is 3. The second kappa shape index (κ2) is 8.60. The first kappa shape index (κ1) is 21.2. The molecule has 0 aliphatic heterocycles. The smallest absolute Gasteiger partial charge is 0.405 e. The van der Waals surface area contributed by atoms with Gasteiger partial charge in [0, 0.05) is 40.0 Å². The molecule has 10 heteroatoms. The molecular weight excluding hydrogens is 451 g/mol. The van der Waals surface area contributed by atoms with Crippen molar-refractivity contribution >= 4 is 33.8 Å². The Balaban J connectivity index is 1.44. The Hall–Kier alpha value is -3.04. The van der Waals surface area contributed by atoms with Gasteiger partial charge in [0.15, 0.2) is 4.96 Å². The molecule has 0 aliphatic carbocycles. The van der Waals surface area contributed by atoms with E-state index in [4.69, 9.17) is 11.6 Å². The number of rotatable bonds is 6. The number of carbonyl (C=O) groups is 1. The maximum absolute atomic E-state index is 12.5. The molecule has 1 amide bonds. The Morgan fingerprint density at radius 1 is 1.16 bits per heavy atom. The molecule has 2 aromatic heterocycles. The summed E-state index contributed by atoms with van der Waals surface area (Å²) < 4.78 is 43.5. The average Bonchev–Trinajstić information content (AvgIpc) is 3.29. The van der Waals surface area contributed by atoms with E-state index in [0.29, 0.717) is 5.02 Å². The van der Waals surface area contributed by atoms with Gasteiger partial charge in [-0.3, -0.25) is 9.20 Å². The van der Waals surface area contributed by atoms with Crippen LogP contribution < -0.4 is 10.1 Å². The molecule has 0 unspecified atom stereocenters. The van der Waals surface area contributed by atoms with E-state index in [0.717, 1.165) is 21.9 Å². The SMILES string of the molecule is O=C(Cc1csc2nc(-c3ccc(Cl)cc3)cn12)NCc1ccccc1OC(F)(F)F. The number of aromatic nitrogens is 2. The van der Waals surface area contributed by atoms with Crippen molar-refractivity contribution in [1.82, 2.24) is 14.7 Å². The Morgan fingerprint density at radius 2 is 1.90 bits per heavy atom. The molecule has 0 atom stereocenters. The molecule has 4 rings (SSSR count). The molecular formula is C21H15ClF3N3O2S. The predicted molar refractivity (Wildman–Crippen MR) is 112 cm³/mol. The lowest BCUT2D eigenvalue weighted by atomic mass is 10.2. The van der Waals surface area contributed by atoms with E-state index >= 15 is 0 Å². The molecule has 0 saturated carbocycles. The van der Waals surface area contributed by atoms with Gasteiger partial charge in [-0.15, -0.1) is 24.5 Å². The number of fused-ring (bicyclic) bond motifs is 1. The van der Waals surface area contributed by atoms with Crippen LogP contribution in [-0.2, 0) is 17.8 Å². The van der Waals surface area contributed by atoms with Gasteiger partial charge >= 0.3 is 6.36 Å². The van der Waals surface area contributed by atoms with Crippen LogP contribution in [0.5, 0.6) is 5.75 Å². The third kappa shape index (κ3) is 5.18. The molecule has 31 heavy (non-hydrogen) atoms. The van der Waals surface area contributed by atoms with E-state index in [-0.39, 0.29) is 30.2 Å². The molecule has 0 spiro atoms. The molecule has 0 saturated heterocycles. The number of nitrogens with zero attached hydrogens (tertiary/aromatic N) is 2. The Morgan fingerprint density at radius 3 is 2.65 bits per heavy atom. The van der Waals surface area contributed by atoms with Crippen molar-refractivity contribution in [2.24, 2.45) is 0 Å². The van der Waals surface area contributed by atoms with Crippen molar-refractivity contribution in [3.63, 3.8) is 0 Å². The zero-order chi connectivity index (χ0) is 22.0. The molecule has 4 aromatic rings. The average molecular weight is 466 g/mol. The topological polar surface area (TPSA) is 55.6 Å². The van der Waals surface area contributed by atoms with Crippen molar-refractivity contribution in [3.05, 3.63) is 76.4 Å². The molecule has 0 aliphatic rings. The zero-order valence-electron chi connectivity index (χ0n) is 15.8. The van der Waals surface area contributed by atoms with Crippen LogP contribution in [0.4, 0.5) is 13.2 Å². The van der Waals surface area contributed by atoms with Gasteiger partial charge in [-0.2, -0.15) is 0 Å². The fourth-order valence-corrected chi connectivity index (χ4v) is 4.01. The molecule has 1 N–H and O–H groups in total. The quantitative estimate of drug-likeness (QED) is 0.410. The van der Waals surface area contributed by atoms with Gasteiger partial charge in [0.1, 0.15) is 5.75 Å². The Bertz CT molecular complexity index is 1220. The molecule has 0 radical (unpaired) electrons. The summed E-state index contributed by atoms with van der Waals surface area (Å²) in [5, 5.41) is 5.10. The van der Waals surface area contributed by atoms with Crippen molar-refractivity contribution < 1.29 is 22.7 Å². The van der Waals surface area contributed by atoms with Gasteiger partial charge < -0.3 is 10.1 Å². The number of halogens is 4. The minimum atomic E-state index is -4.80. The zero-order valence-corrected chi connectivity index (χ0v) is 17.4. The van der Waals surface area contributed by atoms with Crippen LogP contribution in [0, 0.1) is 0 Å². The summed E-state index contributed by atoms with van der Waals surface area (Å²) in [5.41, 5.74) is 2.61. The number of imidazole rings is 1. The van der Waals surface area contributed by atoms with Crippen LogP contribution in [0.1, 0.15) is 11.3 Å². The number of para-hydroxylation sites is 1. The second-order valence-electron chi connectivity index (χ2n) is 6.62. The number of ether oxygens (including phenoxy) is 1. The van der Waals surface area contributed by atoms with E-state index in [1.54, 1.807) is 18.2 Å². The van der Waals surface area contributed by atoms with E-state index in [1.165, 1.54) is 29.5 Å². The van der Waals surface area contributed by atoms with Crippen molar-refractivity contribution in [3.8, 4) is 17.0 Å². The van der Waals surface area contributed by atoms with Gasteiger partial charge in [0.25, 0.3) is 0 Å². The summed E-state index contributed by atoms with van der Waals surface area (Å²) in [6.45, 7) is -0.0850. The van der Waals surface area contributed by atoms with Crippen molar-refractivity contribution in [2.45, 2.75) is 19.3 Å². The normalized spacial score (nSPS) is 11.6. The van der Waals surface area contributed by atoms with E-state index in [2.05, 4.69) is 15.0 Å². The van der Waals surface area contributed by atoms with Gasteiger partial charge in [0.05, 0.1) is 12.1 Å². The number of hydrogen-bond acceptors (Lipinski definition) is 4. The highest BCUT2D eigenvalue weighted by molar-refractivity contribution is 7.15. The summed E-state index contributed by atoms with van der Waals surface area (Å²) >= 11 is 7.32. The third-order valence-electron chi connectivity index (χ3n) is 4.44. The van der Waals surface area contributed by atoms with Crippen molar-refractivity contribution in [1.29, 1.82) is 0 Å². The van der Waals surface area contributed by atoms with E-state index in [9.17, 15) is 18.0 Å². The van der Waals surface area contributed by atoms with E-state index in [1.807, 2.05) is 28.1 Å². The second-order valence-corrected chi connectivity index (χ2v) is 7.89. The highest BCUT2D eigenvalue weighted by Crippen LogP contribution is 2.27. The largest absolute Gasteiger partial charge is 0.573 e. The van der Waals surface area contributed by atoms with Gasteiger partial charge in [-0.1, -0.05) is 41.9 Å². The Labute approximate surface area is 184 Å². The predicted octanol–water partition coefficient (Wildman–Crippen LogP) is 5.47. The summed E-state index contributed by atoms with van der Waals surface area (Å²) in [7, 11) is 0. The fourth-order valence-electron chi connectivity index (χ4n) is 3.01. The number of thiazole rings is 1. The first-order valence-corrected chi connectivity index (χ1v) is 10.4. The molecule has 2 aromatic carbocycles. The molecule has 0 bridgehead atoms. The first-order valence-electron chi connectivity index (χ1n) is 9.10. The van der Waals surface area contributed by atoms with Crippen molar-refractivity contribution in [2.75, 3.05) is 0 Å². The van der Waals surface area contributed by atoms with Crippen LogP contribution in [0.25, 0.3) is 16.2 Å². The highest BCUT2D eigenvalue weighted by atomic mass is 35.5. The monoisotopic (exact) mass is 465 g/mol. The lowest BCUT2D eigenvalue weighted by Gasteiger charge is -2.13. The highest BCUT2D eigenvalue weighted by Gasteiger charge is 2.32. The maximum Gasteiger partial charge on any atom is 0.573 e. The summed E-state index contributed by atoms with van der Waals surface area (Å²) in [6, 6.07) is 13.0. The number of carbonyl (C=O) groups excluding carboxylic acids is 1. The molecule has 0 fully saturated rings. The minimum Gasteiger partial charge on any atom is -0.405 e. The summed E-state index contributed by atoms with van der Waals surface area (Å²) in [5.74, 6) is -0.668. The third-order valence-corrected chi connectivity index (χ3v) is 5.58. The van der Waals surface area contributed by atoms with Crippen LogP contribution in [0.3, 0.4) is 0 Å². The summed E-state index contributed by atoms with van der Waals surface area (Å²) in [4.78, 5) is 17.7. The number of amides is 1. The number of benzene rings is 2.